The number of fused-ring (bicyclic) bond motifs is 1. The lowest BCUT2D eigenvalue weighted by Crippen LogP contribution is -2.49. The molecule has 0 saturated carbocycles. The normalized spacial score (nSPS) is 22.8. The summed E-state index contributed by atoms with van der Waals surface area (Å²) < 4.78 is 5.10. The highest BCUT2D eigenvalue weighted by Gasteiger charge is 2.54. The molecule has 1 aliphatic carbocycles. The number of hydrogen-bond donors (Lipinski definition) is 1. The molecular formula is C20H18N6O2. The molecule has 1 aromatic heterocycles. The second-order valence-corrected chi connectivity index (χ2v) is 6.56. The topological polar surface area (TPSA) is 140 Å². The lowest BCUT2D eigenvalue weighted by atomic mass is 9.58. The van der Waals surface area contributed by atoms with Crippen LogP contribution in [0.2, 0.25) is 0 Å². The highest BCUT2D eigenvalue weighted by atomic mass is 16.6. The fourth-order valence-electron chi connectivity index (χ4n) is 3.99. The van der Waals surface area contributed by atoms with Gasteiger partial charge in [0.25, 0.3) is 0 Å². The van der Waals surface area contributed by atoms with E-state index in [1.807, 2.05) is 0 Å². The van der Waals surface area contributed by atoms with E-state index in [4.69, 9.17) is 10.5 Å². The van der Waals surface area contributed by atoms with Gasteiger partial charge < -0.3 is 15.4 Å². The maximum absolute atomic E-state index is 12.3. The Hall–Kier alpha value is -3.83. The van der Waals surface area contributed by atoms with Gasteiger partial charge >= 0.3 is 6.09 Å². The van der Waals surface area contributed by atoms with Gasteiger partial charge in [-0.2, -0.15) is 15.8 Å². The van der Waals surface area contributed by atoms with E-state index in [0.717, 1.165) is 0 Å². The van der Waals surface area contributed by atoms with E-state index in [2.05, 4.69) is 23.2 Å². The fraction of sp³-hybridized carbons (Fsp3) is 0.350. The summed E-state index contributed by atoms with van der Waals surface area (Å²) in [7, 11) is 0. The minimum Gasteiger partial charge on any atom is -0.450 e. The molecule has 2 aliphatic rings. The first-order valence-corrected chi connectivity index (χ1v) is 8.78. The summed E-state index contributed by atoms with van der Waals surface area (Å²) in [6.07, 6.45) is 4.42. The third kappa shape index (κ3) is 2.74. The number of hydrogen-bond acceptors (Lipinski definition) is 7. The first kappa shape index (κ1) is 18.9. The van der Waals surface area contributed by atoms with Gasteiger partial charge in [-0.05, 0) is 30.2 Å². The molecule has 0 spiro atoms. The SMILES string of the molecule is CCOC(=O)N1CC=C2C(C#N)=C(N)C(C#N)(C#N)[C@H](c3ccncc3)[C@H]2C1. The molecule has 1 amide bonds. The second-order valence-electron chi connectivity index (χ2n) is 6.56. The van der Waals surface area contributed by atoms with Crippen LogP contribution in [-0.4, -0.2) is 35.7 Å². The molecule has 8 nitrogen and oxygen atoms in total. The molecule has 2 atom stereocenters. The zero-order valence-electron chi connectivity index (χ0n) is 15.3. The summed E-state index contributed by atoms with van der Waals surface area (Å²) in [4.78, 5) is 17.8. The van der Waals surface area contributed by atoms with E-state index in [9.17, 15) is 20.6 Å². The van der Waals surface area contributed by atoms with Crippen molar-refractivity contribution in [3.63, 3.8) is 0 Å². The van der Waals surface area contributed by atoms with Gasteiger partial charge in [0.15, 0.2) is 5.41 Å². The Morgan fingerprint density at radius 2 is 2.04 bits per heavy atom. The molecule has 0 bridgehead atoms. The number of aromatic nitrogens is 1. The number of allylic oxidation sites excluding steroid dienone is 2. The Morgan fingerprint density at radius 3 is 2.61 bits per heavy atom. The van der Waals surface area contributed by atoms with Gasteiger partial charge in [0.2, 0.25) is 0 Å². The van der Waals surface area contributed by atoms with Gasteiger partial charge in [-0.3, -0.25) is 4.98 Å². The molecule has 2 heterocycles. The minimum atomic E-state index is -1.73. The smallest absolute Gasteiger partial charge is 0.410 e. The summed E-state index contributed by atoms with van der Waals surface area (Å²) in [5.74, 6) is -1.12. The maximum Gasteiger partial charge on any atom is 0.410 e. The van der Waals surface area contributed by atoms with Crippen LogP contribution < -0.4 is 5.73 Å². The van der Waals surface area contributed by atoms with Crippen LogP contribution in [0.5, 0.6) is 0 Å². The predicted molar refractivity (Wildman–Crippen MR) is 97.6 cm³/mol. The fourth-order valence-corrected chi connectivity index (χ4v) is 3.99. The molecule has 1 aliphatic heterocycles. The minimum absolute atomic E-state index is 0.0473. The zero-order chi connectivity index (χ0) is 20.3. The van der Waals surface area contributed by atoms with E-state index in [-0.39, 0.29) is 31.0 Å². The molecule has 0 radical (unpaired) electrons. The van der Waals surface area contributed by atoms with Crippen molar-refractivity contribution in [3.8, 4) is 18.2 Å². The molecule has 0 saturated heterocycles. The van der Waals surface area contributed by atoms with Crippen LogP contribution in [0.25, 0.3) is 0 Å². The quantitative estimate of drug-likeness (QED) is 0.834. The molecular weight excluding hydrogens is 356 g/mol. The molecule has 8 heteroatoms. The van der Waals surface area contributed by atoms with Gasteiger partial charge in [0.1, 0.15) is 6.07 Å². The summed E-state index contributed by atoms with van der Waals surface area (Å²) >= 11 is 0. The number of ether oxygens (including phenoxy) is 1. The van der Waals surface area contributed by atoms with Crippen molar-refractivity contribution in [1.82, 2.24) is 9.88 Å². The van der Waals surface area contributed by atoms with Gasteiger partial charge in [0.05, 0.1) is 30.0 Å². The molecule has 0 unspecified atom stereocenters. The Balaban J connectivity index is 2.22. The molecule has 28 heavy (non-hydrogen) atoms. The molecule has 140 valence electrons. The Bertz CT molecular complexity index is 963. The number of pyridine rings is 1. The summed E-state index contributed by atoms with van der Waals surface area (Å²) in [5, 5.41) is 29.6. The maximum atomic E-state index is 12.3. The van der Waals surface area contributed by atoms with E-state index < -0.39 is 23.3 Å². The third-order valence-electron chi connectivity index (χ3n) is 5.26. The Kier molecular flexibility index (Phi) is 5.02. The number of amides is 1. The largest absolute Gasteiger partial charge is 0.450 e. The van der Waals surface area contributed by atoms with Crippen LogP contribution in [0, 0.1) is 45.3 Å². The molecule has 1 aromatic rings. The summed E-state index contributed by atoms with van der Waals surface area (Å²) in [5.41, 5.74) is 5.93. The standard InChI is InChI=1S/C20H18N6O2/c1-2-28-19(27)26-8-5-14-15(9-21)18(24)20(11-22,12-23)17(16(14)10-26)13-3-6-25-7-4-13/h3-7,16-17H,2,8,10,24H2,1H3/t16-,17+/m0/s1. The van der Waals surface area contributed by atoms with E-state index in [1.54, 1.807) is 37.5 Å². The van der Waals surface area contributed by atoms with Gasteiger partial charge in [-0.1, -0.05) is 6.08 Å². The molecule has 3 rings (SSSR count). The Labute approximate surface area is 162 Å². The van der Waals surface area contributed by atoms with Crippen LogP contribution in [0.4, 0.5) is 4.79 Å². The van der Waals surface area contributed by atoms with Crippen molar-refractivity contribution in [1.29, 1.82) is 15.8 Å². The number of carbonyl (C=O) groups is 1. The number of carbonyl (C=O) groups excluding carboxylic acids is 1. The third-order valence-corrected chi connectivity index (χ3v) is 5.26. The average molecular weight is 374 g/mol. The number of nitriles is 3. The Morgan fingerprint density at radius 1 is 1.36 bits per heavy atom. The highest BCUT2D eigenvalue weighted by Crippen LogP contribution is 2.54. The van der Waals surface area contributed by atoms with Crippen LogP contribution in [0.1, 0.15) is 18.4 Å². The summed E-state index contributed by atoms with van der Waals surface area (Å²) in [6.45, 7) is 2.43. The van der Waals surface area contributed by atoms with Crippen LogP contribution in [0.3, 0.4) is 0 Å². The van der Waals surface area contributed by atoms with Gasteiger partial charge in [-0.25, -0.2) is 4.79 Å². The second kappa shape index (κ2) is 7.42. The predicted octanol–water partition coefficient (Wildman–Crippen LogP) is 1.96. The number of nitrogens with two attached hydrogens (primary N) is 1. The van der Waals surface area contributed by atoms with Crippen molar-refractivity contribution >= 4 is 6.09 Å². The van der Waals surface area contributed by atoms with Gasteiger partial charge in [-0.15, -0.1) is 0 Å². The lowest BCUT2D eigenvalue weighted by molar-refractivity contribution is 0.0999. The molecule has 0 fully saturated rings. The first-order valence-electron chi connectivity index (χ1n) is 8.78. The van der Waals surface area contributed by atoms with E-state index >= 15 is 0 Å². The van der Waals surface area contributed by atoms with Crippen molar-refractivity contribution in [2.45, 2.75) is 12.8 Å². The molecule has 2 N–H and O–H groups in total. The van der Waals surface area contributed by atoms with Crippen LogP contribution >= 0.6 is 0 Å². The van der Waals surface area contributed by atoms with E-state index in [0.29, 0.717) is 11.1 Å². The van der Waals surface area contributed by atoms with Crippen molar-refractivity contribution in [3.05, 3.63) is 53.0 Å². The highest BCUT2D eigenvalue weighted by molar-refractivity contribution is 5.69. The zero-order valence-corrected chi connectivity index (χ0v) is 15.3. The van der Waals surface area contributed by atoms with Gasteiger partial charge in [0, 0.05) is 37.3 Å². The van der Waals surface area contributed by atoms with Crippen molar-refractivity contribution < 1.29 is 9.53 Å². The molecule has 0 aromatic carbocycles. The monoisotopic (exact) mass is 374 g/mol. The average Bonchev–Trinajstić information content (AvgIpc) is 2.73. The van der Waals surface area contributed by atoms with Crippen molar-refractivity contribution in [2.75, 3.05) is 19.7 Å². The van der Waals surface area contributed by atoms with Crippen molar-refractivity contribution in [2.24, 2.45) is 17.1 Å². The summed E-state index contributed by atoms with van der Waals surface area (Å²) in [6, 6.07) is 9.61. The lowest BCUT2D eigenvalue weighted by Gasteiger charge is -2.45. The number of rotatable bonds is 2. The van der Waals surface area contributed by atoms with E-state index in [1.165, 1.54) is 4.90 Å². The first-order chi connectivity index (χ1) is 13.5. The van der Waals surface area contributed by atoms with Crippen LogP contribution in [0.15, 0.2) is 47.4 Å². The van der Waals surface area contributed by atoms with Crippen LogP contribution in [-0.2, 0) is 4.74 Å². The number of nitrogens with zero attached hydrogens (tertiary/aromatic N) is 5.